The molecule has 7 nitrogen and oxygen atoms in total. The number of amides is 2. The first-order valence-electron chi connectivity index (χ1n) is 6.71. The lowest BCUT2D eigenvalue weighted by Gasteiger charge is -2.07. The summed E-state index contributed by atoms with van der Waals surface area (Å²) in [5.41, 5.74) is 0.697. The molecular formula is C15H12ClN3O4. The van der Waals surface area contributed by atoms with Crippen LogP contribution < -0.4 is 20.1 Å². The Balaban J connectivity index is 1.54. The molecule has 2 N–H and O–H groups in total. The molecule has 0 fully saturated rings. The standard InChI is InChI=1S/C15H12ClN3O4/c16-9-3-4-17-11(5-9)15(21)18-7-14(20)19-10-1-2-12-13(6-10)23-8-22-12/h1-6H,7-8H2,(H,18,21)(H,19,20). The van der Waals surface area contributed by atoms with Crippen molar-refractivity contribution in [1.29, 1.82) is 0 Å². The lowest BCUT2D eigenvalue weighted by atomic mass is 10.2. The quantitative estimate of drug-likeness (QED) is 0.891. The number of benzene rings is 1. The largest absolute Gasteiger partial charge is 0.454 e. The molecule has 23 heavy (non-hydrogen) atoms. The summed E-state index contributed by atoms with van der Waals surface area (Å²) in [4.78, 5) is 27.6. The Bertz CT molecular complexity index is 766. The van der Waals surface area contributed by atoms with E-state index in [-0.39, 0.29) is 24.9 Å². The van der Waals surface area contributed by atoms with Gasteiger partial charge in [0.15, 0.2) is 11.5 Å². The van der Waals surface area contributed by atoms with E-state index in [2.05, 4.69) is 15.6 Å². The minimum absolute atomic E-state index is 0.147. The SMILES string of the molecule is O=C(CNC(=O)c1cc(Cl)ccn1)Nc1ccc2c(c1)OCO2. The Hall–Kier alpha value is -2.80. The highest BCUT2D eigenvalue weighted by Crippen LogP contribution is 2.34. The third-order valence-corrected chi connectivity index (χ3v) is 3.26. The van der Waals surface area contributed by atoms with E-state index in [1.807, 2.05) is 0 Å². The number of nitrogens with one attached hydrogen (secondary N) is 2. The van der Waals surface area contributed by atoms with Gasteiger partial charge in [0.2, 0.25) is 12.7 Å². The van der Waals surface area contributed by atoms with Crippen molar-refractivity contribution in [2.45, 2.75) is 0 Å². The van der Waals surface area contributed by atoms with Gasteiger partial charge in [-0.1, -0.05) is 11.6 Å². The van der Waals surface area contributed by atoms with Gasteiger partial charge in [0.1, 0.15) is 5.69 Å². The molecule has 0 radical (unpaired) electrons. The van der Waals surface area contributed by atoms with E-state index < -0.39 is 5.91 Å². The van der Waals surface area contributed by atoms with Gasteiger partial charge in [0.05, 0.1) is 6.54 Å². The van der Waals surface area contributed by atoms with Gasteiger partial charge < -0.3 is 20.1 Å². The van der Waals surface area contributed by atoms with Crippen molar-refractivity contribution >= 4 is 29.1 Å². The van der Waals surface area contributed by atoms with Crippen LogP contribution in [-0.4, -0.2) is 30.1 Å². The number of carbonyl (C=O) groups is 2. The van der Waals surface area contributed by atoms with Crippen molar-refractivity contribution in [2.24, 2.45) is 0 Å². The summed E-state index contributed by atoms with van der Waals surface area (Å²) in [6.45, 7) is -0.0309. The van der Waals surface area contributed by atoms with Crippen LogP contribution in [0.25, 0.3) is 0 Å². The Morgan fingerprint density at radius 1 is 1.17 bits per heavy atom. The fourth-order valence-corrected chi connectivity index (χ4v) is 2.12. The Morgan fingerprint density at radius 2 is 2.00 bits per heavy atom. The van der Waals surface area contributed by atoms with Crippen LogP contribution in [0.1, 0.15) is 10.5 Å². The van der Waals surface area contributed by atoms with Gasteiger partial charge in [0, 0.05) is 23.0 Å². The molecule has 2 heterocycles. The third kappa shape index (κ3) is 3.70. The second kappa shape index (κ2) is 6.53. The summed E-state index contributed by atoms with van der Waals surface area (Å²) in [6, 6.07) is 8.02. The topological polar surface area (TPSA) is 89.6 Å². The summed E-state index contributed by atoms with van der Waals surface area (Å²) >= 11 is 5.78. The molecule has 8 heteroatoms. The first-order chi connectivity index (χ1) is 11.1. The van der Waals surface area contributed by atoms with Crippen molar-refractivity contribution in [3.8, 4) is 11.5 Å². The number of pyridine rings is 1. The number of nitrogens with zero attached hydrogens (tertiary/aromatic N) is 1. The van der Waals surface area contributed by atoms with E-state index in [1.54, 1.807) is 24.3 Å². The van der Waals surface area contributed by atoms with Crippen LogP contribution in [0.15, 0.2) is 36.5 Å². The van der Waals surface area contributed by atoms with E-state index in [4.69, 9.17) is 21.1 Å². The Morgan fingerprint density at radius 3 is 2.83 bits per heavy atom. The first kappa shape index (κ1) is 15.1. The number of anilines is 1. The van der Waals surface area contributed by atoms with Gasteiger partial charge in [-0.3, -0.25) is 14.6 Å². The van der Waals surface area contributed by atoms with Crippen LogP contribution in [-0.2, 0) is 4.79 Å². The number of carbonyl (C=O) groups excluding carboxylic acids is 2. The van der Waals surface area contributed by atoms with Gasteiger partial charge in [-0.05, 0) is 24.3 Å². The van der Waals surface area contributed by atoms with Crippen LogP contribution in [0.5, 0.6) is 11.5 Å². The molecule has 0 aliphatic carbocycles. The minimum Gasteiger partial charge on any atom is -0.454 e. The van der Waals surface area contributed by atoms with Crippen molar-refractivity contribution < 1.29 is 19.1 Å². The van der Waals surface area contributed by atoms with Crippen LogP contribution in [0.2, 0.25) is 5.02 Å². The number of halogens is 1. The van der Waals surface area contributed by atoms with Gasteiger partial charge >= 0.3 is 0 Å². The predicted octanol–water partition coefficient (Wildman–Crippen LogP) is 1.83. The van der Waals surface area contributed by atoms with Gasteiger partial charge in [-0.2, -0.15) is 0 Å². The number of hydrogen-bond acceptors (Lipinski definition) is 5. The molecule has 1 aromatic heterocycles. The predicted molar refractivity (Wildman–Crippen MR) is 82.8 cm³/mol. The highest BCUT2D eigenvalue weighted by molar-refractivity contribution is 6.30. The molecule has 2 aromatic rings. The number of rotatable bonds is 4. The Labute approximate surface area is 136 Å². The zero-order chi connectivity index (χ0) is 16.2. The molecule has 0 unspecified atom stereocenters. The lowest BCUT2D eigenvalue weighted by molar-refractivity contribution is -0.115. The maximum absolute atomic E-state index is 11.9. The second-order valence-corrected chi connectivity index (χ2v) is 5.09. The zero-order valence-electron chi connectivity index (χ0n) is 11.8. The van der Waals surface area contributed by atoms with Crippen LogP contribution >= 0.6 is 11.6 Å². The fourth-order valence-electron chi connectivity index (χ4n) is 1.96. The van der Waals surface area contributed by atoms with Crippen LogP contribution in [0.3, 0.4) is 0 Å². The second-order valence-electron chi connectivity index (χ2n) is 4.66. The lowest BCUT2D eigenvalue weighted by Crippen LogP contribution is -2.33. The Kier molecular flexibility index (Phi) is 4.29. The summed E-state index contributed by atoms with van der Waals surface area (Å²) in [6.07, 6.45) is 1.42. The van der Waals surface area contributed by atoms with Crippen molar-refractivity contribution in [3.63, 3.8) is 0 Å². The molecule has 1 aromatic carbocycles. The molecular weight excluding hydrogens is 322 g/mol. The highest BCUT2D eigenvalue weighted by Gasteiger charge is 2.14. The molecule has 3 rings (SSSR count). The molecule has 1 aliphatic rings. The maximum Gasteiger partial charge on any atom is 0.270 e. The van der Waals surface area contributed by atoms with Crippen LogP contribution in [0.4, 0.5) is 5.69 Å². The van der Waals surface area contributed by atoms with E-state index in [9.17, 15) is 9.59 Å². The number of ether oxygens (including phenoxy) is 2. The highest BCUT2D eigenvalue weighted by atomic mass is 35.5. The van der Waals surface area contributed by atoms with Gasteiger partial charge in [0.25, 0.3) is 5.91 Å². The molecule has 1 aliphatic heterocycles. The number of fused-ring (bicyclic) bond motifs is 1. The van der Waals surface area contributed by atoms with E-state index in [0.29, 0.717) is 22.2 Å². The van der Waals surface area contributed by atoms with Crippen molar-refractivity contribution in [1.82, 2.24) is 10.3 Å². The summed E-state index contributed by atoms with van der Waals surface area (Å²) in [5, 5.41) is 5.52. The van der Waals surface area contributed by atoms with E-state index in [0.717, 1.165) is 0 Å². The van der Waals surface area contributed by atoms with Crippen molar-refractivity contribution in [2.75, 3.05) is 18.7 Å². The number of aromatic nitrogens is 1. The van der Waals surface area contributed by atoms with Crippen LogP contribution in [0, 0.1) is 0 Å². The average Bonchev–Trinajstić information content (AvgIpc) is 3.00. The summed E-state index contributed by atoms with van der Waals surface area (Å²) in [5.74, 6) is 0.339. The minimum atomic E-state index is -0.478. The molecule has 0 saturated heterocycles. The van der Waals surface area contributed by atoms with Gasteiger partial charge in [-0.25, -0.2) is 0 Å². The monoisotopic (exact) mass is 333 g/mol. The van der Waals surface area contributed by atoms with E-state index >= 15 is 0 Å². The fraction of sp³-hybridized carbons (Fsp3) is 0.133. The summed E-state index contributed by atoms with van der Waals surface area (Å²) in [7, 11) is 0. The third-order valence-electron chi connectivity index (χ3n) is 3.02. The number of hydrogen-bond donors (Lipinski definition) is 2. The van der Waals surface area contributed by atoms with Crippen molar-refractivity contribution in [3.05, 3.63) is 47.2 Å². The normalized spacial score (nSPS) is 11.9. The molecule has 0 atom stereocenters. The van der Waals surface area contributed by atoms with Gasteiger partial charge in [-0.15, -0.1) is 0 Å². The molecule has 0 spiro atoms. The first-order valence-corrected chi connectivity index (χ1v) is 7.09. The molecule has 0 bridgehead atoms. The van der Waals surface area contributed by atoms with E-state index in [1.165, 1.54) is 12.3 Å². The summed E-state index contributed by atoms with van der Waals surface area (Å²) < 4.78 is 10.4. The average molecular weight is 334 g/mol. The molecule has 118 valence electrons. The molecule has 0 saturated carbocycles. The smallest absolute Gasteiger partial charge is 0.270 e. The molecule has 2 amide bonds. The zero-order valence-corrected chi connectivity index (χ0v) is 12.6. The maximum atomic E-state index is 11.9.